The van der Waals surface area contributed by atoms with Crippen LogP contribution in [0.4, 0.5) is 13.2 Å². The Hall–Kier alpha value is -1.96. The molecule has 5 nitrogen and oxygen atoms in total. The number of carbonyl (C=O) groups excluding carboxylic acids is 1. The Kier molecular flexibility index (Phi) is 5.60. The van der Waals surface area contributed by atoms with Gasteiger partial charge in [0, 0.05) is 6.04 Å². The Morgan fingerprint density at radius 1 is 1.27 bits per heavy atom. The van der Waals surface area contributed by atoms with Crippen molar-refractivity contribution in [1.29, 1.82) is 0 Å². The molecule has 0 aromatic heterocycles. The van der Waals surface area contributed by atoms with E-state index in [9.17, 15) is 18.0 Å². The molecular formula is C18H23F3N2O3. The van der Waals surface area contributed by atoms with Gasteiger partial charge in [-0.2, -0.15) is 13.2 Å². The largest absolute Gasteiger partial charge is 0.486 e. The first-order valence-electron chi connectivity index (χ1n) is 8.82. The number of rotatable bonds is 4. The Bertz CT molecular complexity index is 643. The summed E-state index contributed by atoms with van der Waals surface area (Å²) in [5.41, 5.74) is 0.420. The normalized spacial score (nSPS) is 19.8. The Morgan fingerprint density at radius 3 is 2.65 bits per heavy atom. The number of hydrogen-bond acceptors (Lipinski definition) is 4. The molecule has 0 saturated carbocycles. The molecule has 2 aliphatic heterocycles. The molecule has 8 heteroatoms. The molecule has 1 saturated heterocycles. The lowest BCUT2D eigenvalue weighted by atomic mass is 9.90. The molecule has 1 aromatic carbocycles. The van der Waals surface area contributed by atoms with Crippen LogP contribution in [0, 0.1) is 5.92 Å². The fraction of sp³-hybridized carbons (Fsp3) is 0.611. The second-order valence-corrected chi connectivity index (χ2v) is 6.82. The molecule has 26 heavy (non-hydrogen) atoms. The highest BCUT2D eigenvalue weighted by Gasteiger charge is 2.34. The van der Waals surface area contributed by atoms with E-state index in [0.29, 0.717) is 56.2 Å². The quantitative estimate of drug-likeness (QED) is 0.883. The number of piperidine rings is 1. The van der Waals surface area contributed by atoms with E-state index < -0.39 is 12.7 Å². The van der Waals surface area contributed by atoms with E-state index in [1.807, 2.05) is 6.92 Å². The minimum atomic E-state index is -4.17. The summed E-state index contributed by atoms with van der Waals surface area (Å²) in [6.45, 7) is 2.66. The highest BCUT2D eigenvalue weighted by Crippen LogP contribution is 2.33. The van der Waals surface area contributed by atoms with Crippen molar-refractivity contribution < 1.29 is 27.4 Å². The standard InChI is InChI=1S/C18H23F3N2O3/c1-12(13-5-7-23(8-6-13)11-18(19,20)21)22-17(24)14-3-2-4-15-16(14)26-10-9-25-15/h2-4,12-13H,5-11H2,1H3,(H,22,24)/t12-/m0/s1. The third-order valence-electron chi connectivity index (χ3n) is 4.91. The van der Waals surface area contributed by atoms with Crippen molar-refractivity contribution in [3.63, 3.8) is 0 Å². The monoisotopic (exact) mass is 372 g/mol. The number of likely N-dealkylation sites (tertiary alicyclic amines) is 1. The van der Waals surface area contributed by atoms with Gasteiger partial charge in [-0.15, -0.1) is 0 Å². The summed E-state index contributed by atoms with van der Waals surface area (Å²) in [6, 6.07) is 5.05. The lowest BCUT2D eigenvalue weighted by molar-refractivity contribution is -0.148. The lowest BCUT2D eigenvalue weighted by Crippen LogP contribution is -2.46. The summed E-state index contributed by atoms with van der Waals surface area (Å²) >= 11 is 0. The number of carbonyl (C=O) groups is 1. The summed E-state index contributed by atoms with van der Waals surface area (Å²) in [6.07, 6.45) is -2.91. The molecule has 144 valence electrons. The smallest absolute Gasteiger partial charge is 0.401 e. The van der Waals surface area contributed by atoms with Crippen LogP contribution in [0.3, 0.4) is 0 Å². The van der Waals surface area contributed by atoms with Gasteiger partial charge in [0.15, 0.2) is 11.5 Å². The van der Waals surface area contributed by atoms with E-state index in [1.54, 1.807) is 18.2 Å². The van der Waals surface area contributed by atoms with Crippen molar-refractivity contribution in [2.75, 3.05) is 32.8 Å². The summed E-state index contributed by atoms with van der Waals surface area (Å²) in [4.78, 5) is 14.0. The predicted octanol–water partition coefficient (Wildman–Crippen LogP) is 2.85. The van der Waals surface area contributed by atoms with Crippen LogP contribution in [-0.2, 0) is 0 Å². The zero-order chi connectivity index (χ0) is 18.7. The molecule has 1 aromatic rings. The number of amides is 1. The van der Waals surface area contributed by atoms with Gasteiger partial charge in [0.05, 0.1) is 12.1 Å². The minimum Gasteiger partial charge on any atom is -0.486 e. The molecule has 1 amide bonds. The Labute approximate surface area is 150 Å². The van der Waals surface area contributed by atoms with E-state index in [2.05, 4.69) is 5.32 Å². The fourth-order valence-corrected chi connectivity index (χ4v) is 3.52. The molecule has 1 fully saturated rings. The number of nitrogens with one attached hydrogen (secondary N) is 1. The van der Waals surface area contributed by atoms with Crippen molar-refractivity contribution >= 4 is 5.91 Å². The zero-order valence-corrected chi connectivity index (χ0v) is 14.6. The fourth-order valence-electron chi connectivity index (χ4n) is 3.52. The van der Waals surface area contributed by atoms with E-state index in [-0.39, 0.29) is 17.9 Å². The molecule has 2 heterocycles. The highest BCUT2D eigenvalue weighted by molar-refractivity contribution is 5.98. The maximum atomic E-state index is 12.6. The van der Waals surface area contributed by atoms with E-state index in [0.717, 1.165) is 0 Å². The van der Waals surface area contributed by atoms with E-state index >= 15 is 0 Å². The number of ether oxygens (including phenoxy) is 2. The molecule has 1 N–H and O–H groups in total. The first-order valence-corrected chi connectivity index (χ1v) is 8.82. The average Bonchev–Trinajstić information content (AvgIpc) is 2.60. The van der Waals surface area contributed by atoms with Crippen molar-refractivity contribution in [3.05, 3.63) is 23.8 Å². The minimum absolute atomic E-state index is 0.129. The molecule has 1 atom stereocenters. The van der Waals surface area contributed by atoms with Gasteiger partial charge in [0.1, 0.15) is 13.2 Å². The van der Waals surface area contributed by atoms with Gasteiger partial charge in [0.2, 0.25) is 0 Å². The van der Waals surface area contributed by atoms with Crippen LogP contribution in [0.15, 0.2) is 18.2 Å². The SMILES string of the molecule is C[C@H](NC(=O)c1cccc2c1OCCO2)C1CCN(CC(F)(F)F)CC1. The van der Waals surface area contributed by atoms with Crippen molar-refractivity contribution in [2.24, 2.45) is 5.92 Å². The number of hydrogen-bond donors (Lipinski definition) is 1. The van der Waals surface area contributed by atoms with Gasteiger partial charge in [-0.3, -0.25) is 9.69 Å². The molecule has 0 spiro atoms. The number of nitrogens with zero attached hydrogens (tertiary/aromatic N) is 1. The number of fused-ring (bicyclic) bond motifs is 1. The summed E-state index contributed by atoms with van der Waals surface area (Å²) in [5.74, 6) is 0.901. The average molecular weight is 372 g/mol. The second-order valence-electron chi connectivity index (χ2n) is 6.82. The van der Waals surface area contributed by atoms with Crippen LogP contribution in [0.5, 0.6) is 11.5 Å². The maximum Gasteiger partial charge on any atom is 0.401 e. The van der Waals surface area contributed by atoms with Crippen LogP contribution in [-0.4, -0.2) is 55.9 Å². The van der Waals surface area contributed by atoms with Gasteiger partial charge >= 0.3 is 6.18 Å². The van der Waals surface area contributed by atoms with Gasteiger partial charge in [-0.25, -0.2) is 0 Å². The number of para-hydroxylation sites is 1. The zero-order valence-electron chi connectivity index (χ0n) is 14.6. The van der Waals surface area contributed by atoms with Crippen LogP contribution >= 0.6 is 0 Å². The highest BCUT2D eigenvalue weighted by atomic mass is 19.4. The van der Waals surface area contributed by atoms with Gasteiger partial charge in [0.25, 0.3) is 5.91 Å². The van der Waals surface area contributed by atoms with Gasteiger partial charge in [-0.1, -0.05) is 6.07 Å². The first kappa shape index (κ1) is 18.8. The molecule has 0 radical (unpaired) electrons. The summed E-state index contributed by atoms with van der Waals surface area (Å²) in [7, 11) is 0. The van der Waals surface area contributed by atoms with Gasteiger partial charge < -0.3 is 14.8 Å². The predicted molar refractivity (Wildman–Crippen MR) is 89.6 cm³/mol. The maximum absolute atomic E-state index is 12.6. The van der Waals surface area contributed by atoms with Crippen LogP contribution < -0.4 is 14.8 Å². The van der Waals surface area contributed by atoms with E-state index in [1.165, 1.54) is 4.90 Å². The lowest BCUT2D eigenvalue weighted by Gasteiger charge is -2.35. The first-order chi connectivity index (χ1) is 12.3. The van der Waals surface area contributed by atoms with Crippen molar-refractivity contribution in [3.8, 4) is 11.5 Å². The number of benzene rings is 1. The summed E-state index contributed by atoms with van der Waals surface area (Å²) < 4.78 is 48.5. The number of halogens is 3. The van der Waals surface area contributed by atoms with Crippen LogP contribution in [0.25, 0.3) is 0 Å². The van der Waals surface area contributed by atoms with Gasteiger partial charge in [-0.05, 0) is 50.9 Å². The Balaban J connectivity index is 1.56. The topological polar surface area (TPSA) is 50.8 Å². The van der Waals surface area contributed by atoms with Crippen LogP contribution in [0.1, 0.15) is 30.1 Å². The molecule has 0 bridgehead atoms. The van der Waals surface area contributed by atoms with Crippen LogP contribution in [0.2, 0.25) is 0 Å². The third-order valence-corrected chi connectivity index (χ3v) is 4.91. The molecule has 3 rings (SSSR count). The van der Waals surface area contributed by atoms with E-state index in [4.69, 9.17) is 9.47 Å². The molecule has 0 unspecified atom stereocenters. The second kappa shape index (κ2) is 7.73. The Morgan fingerprint density at radius 2 is 1.96 bits per heavy atom. The third kappa shape index (κ3) is 4.60. The number of alkyl halides is 3. The van der Waals surface area contributed by atoms with Crippen molar-refractivity contribution in [2.45, 2.75) is 32.0 Å². The van der Waals surface area contributed by atoms with Crippen molar-refractivity contribution in [1.82, 2.24) is 10.2 Å². The summed E-state index contributed by atoms with van der Waals surface area (Å²) in [5, 5.41) is 2.96. The molecule has 2 aliphatic rings. The molecule has 0 aliphatic carbocycles. The molecular weight excluding hydrogens is 349 g/mol.